The molecule has 0 saturated carbocycles. The van der Waals surface area contributed by atoms with Crippen molar-refractivity contribution in [3.63, 3.8) is 0 Å². The second kappa shape index (κ2) is 12.2. The number of amidine groups is 1. The van der Waals surface area contributed by atoms with Crippen LogP contribution in [0.5, 0.6) is 0 Å². The number of piperazine rings is 1. The van der Waals surface area contributed by atoms with Gasteiger partial charge in [0.25, 0.3) is 0 Å². The van der Waals surface area contributed by atoms with Crippen molar-refractivity contribution in [2.75, 3.05) is 45.9 Å². The number of nitrogens with one attached hydrogen (secondary N) is 1. The van der Waals surface area contributed by atoms with Crippen LogP contribution in [0.15, 0.2) is 46.0 Å². The summed E-state index contributed by atoms with van der Waals surface area (Å²) in [5.74, 6) is -1.58. The number of carboxylic acids is 1. The van der Waals surface area contributed by atoms with Crippen LogP contribution >= 0.6 is 35.2 Å². The van der Waals surface area contributed by atoms with Crippen molar-refractivity contribution in [1.29, 1.82) is 0 Å². The number of nitrogens with zero attached hydrogens (tertiary/aromatic N) is 5. The molecule has 3 aliphatic rings. The number of aliphatic imine (C=N–C) groups is 1. The number of ether oxygens (including phenoxy) is 1. The smallest absolute Gasteiger partial charge is 0.338 e. The van der Waals surface area contributed by atoms with Crippen molar-refractivity contribution in [3.05, 3.63) is 62.5 Å². The van der Waals surface area contributed by atoms with E-state index in [-0.39, 0.29) is 23.2 Å². The summed E-state index contributed by atoms with van der Waals surface area (Å²) in [6, 6.07) is 3.62. The Kier molecular flexibility index (Phi) is 8.83. The van der Waals surface area contributed by atoms with Gasteiger partial charge in [0.05, 0.1) is 28.7 Å². The lowest BCUT2D eigenvalue weighted by molar-refractivity contribution is -0.147. The van der Waals surface area contributed by atoms with Gasteiger partial charge in [-0.05, 0) is 39.1 Å². The molecule has 2 N–H and O–H groups in total. The van der Waals surface area contributed by atoms with E-state index in [2.05, 4.69) is 20.1 Å². The van der Waals surface area contributed by atoms with Crippen LogP contribution in [0.3, 0.4) is 0 Å². The fourth-order valence-electron chi connectivity index (χ4n) is 5.46. The predicted octanol–water partition coefficient (Wildman–Crippen LogP) is 3.54. The van der Waals surface area contributed by atoms with Crippen molar-refractivity contribution in [1.82, 2.24) is 25.0 Å². The minimum Gasteiger partial charge on any atom is -0.481 e. The second-order valence-corrected chi connectivity index (χ2v) is 12.7. The topological polar surface area (TPSA) is 111 Å². The summed E-state index contributed by atoms with van der Waals surface area (Å²) < 4.78 is 20.0. The summed E-state index contributed by atoms with van der Waals surface area (Å²) in [5.41, 5.74) is 0.258. The average Bonchev–Trinajstić information content (AvgIpc) is 3.58. The molecule has 0 bridgehead atoms. The van der Waals surface area contributed by atoms with E-state index in [1.807, 2.05) is 10.3 Å². The number of hydrogen-bond acceptors (Lipinski definition) is 9. The van der Waals surface area contributed by atoms with Crippen molar-refractivity contribution < 1.29 is 23.8 Å². The van der Waals surface area contributed by atoms with E-state index in [1.165, 1.54) is 17.4 Å². The molecule has 1 aromatic heterocycles. The highest BCUT2D eigenvalue weighted by atomic mass is 35.5. The standard InChI is InChI=1S/C28H32ClFN6O4S2/c1-4-40-25(37)20-19(14-34-9-10-36-16(12-34)13-35(27(36)41)15-28(2,3)26(38)39)32-23(24-31-8-11-42-24)33-22(20)17-6-5-7-18(30)21(17)29/h5-8,11,16,22H,4,9-10,12-15H2,1-3H3,(H,32,33)(H,38,39). The molecule has 0 aliphatic carbocycles. The molecule has 1 aromatic carbocycles. The van der Waals surface area contributed by atoms with Crippen LogP contribution in [-0.4, -0.2) is 99.6 Å². The number of carbonyl (C=O) groups excluding carboxylic acids is 1. The number of aromatic nitrogens is 1. The number of carbonyl (C=O) groups is 2. The number of rotatable bonds is 9. The molecule has 2 fully saturated rings. The Morgan fingerprint density at radius 1 is 1.31 bits per heavy atom. The molecule has 2 saturated heterocycles. The summed E-state index contributed by atoms with van der Waals surface area (Å²) in [4.78, 5) is 40.7. The van der Waals surface area contributed by atoms with E-state index in [4.69, 9.17) is 33.5 Å². The molecule has 2 aromatic rings. The molecule has 3 aliphatic heterocycles. The lowest BCUT2D eigenvalue weighted by Gasteiger charge is -2.38. The van der Waals surface area contributed by atoms with E-state index >= 15 is 0 Å². The Morgan fingerprint density at radius 2 is 2.10 bits per heavy atom. The number of aliphatic carboxylic acids is 1. The third-order valence-corrected chi connectivity index (χ3v) is 9.26. The summed E-state index contributed by atoms with van der Waals surface area (Å²) >= 11 is 13.5. The zero-order valence-corrected chi connectivity index (χ0v) is 25.9. The number of benzene rings is 1. The lowest BCUT2D eigenvalue weighted by atomic mass is 9.93. The molecule has 42 heavy (non-hydrogen) atoms. The minimum atomic E-state index is -0.942. The van der Waals surface area contributed by atoms with Crippen LogP contribution in [0.25, 0.3) is 0 Å². The second-order valence-electron chi connectivity index (χ2n) is 11.0. The molecular weight excluding hydrogens is 603 g/mol. The summed E-state index contributed by atoms with van der Waals surface area (Å²) in [7, 11) is 0. The number of thiocarbonyl (C=S) groups is 1. The zero-order chi connectivity index (χ0) is 30.2. The maximum atomic E-state index is 14.6. The fraction of sp³-hybridized carbons (Fsp3) is 0.464. The largest absolute Gasteiger partial charge is 0.481 e. The van der Waals surface area contributed by atoms with Crippen LogP contribution < -0.4 is 5.32 Å². The van der Waals surface area contributed by atoms with E-state index in [9.17, 15) is 19.1 Å². The third kappa shape index (κ3) is 6.01. The first kappa shape index (κ1) is 30.3. The molecule has 0 radical (unpaired) electrons. The van der Waals surface area contributed by atoms with Gasteiger partial charge in [-0.3, -0.25) is 14.7 Å². The SMILES string of the molecule is CCOC(=O)C1=C(CN2CCN3C(=S)N(CC(C)(C)C(=O)O)CC3C2)NC(c2nccs2)=NC1c1cccc(F)c1Cl. The van der Waals surface area contributed by atoms with Gasteiger partial charge in [0.15, 0.2) is 16.0 Å². The first-order valence-corrected chi connectivity index (χ1v) is 15.3. The van der Waals surface area contributed by atoms with E-state index in [0.29, 0.717) is 66.5 Å². The minimum absolute atomic E-state index is 0.0617. The number of thiazole rings is 1. The molecule has 5 rings (SSSR count). The first-order chi connectivity index (χ1) is 20.0. The number of halogens is 2. The molecule has 0 spiro atoms. The fourth-order valence-corrected chi connectivity index (χ4v) is 6.66. The van der Waals surface area contributed by atoms with Crippen molar-refractivity contribution in [3.8, 4) is 0 Å². The maximum Gasteiger partial charge on any atom is 0.338 e. The molecule has 2 unspecified atom stereocenters. The quantitative estimate of drug-likeness (QED) is 0.314. The average molecular weight is 635 g/mol. The highest BCUT2D eigenvalue weighted by Crippen LogP contribution is 2.38. The van der Waals surface area contributed by atoms with Gasteiger partial charge in [-0.25, -0.2) is 14.2 Å². The highest BCUT2D eigenvalue weighted by Gasteiger charge is 2.42. The van der Waals surface area contributed by atoms with Crippen LogP contribution in [0.4, 0.5) is 4.39 Å². The number of carboxylic acid groups (broad SMARTS) is 1. The predicted molar refractivity (Wildman–Crippen MR) is 162 cm³/mol. The van der Waals surface area contributed by atoms with Gasteiger partial charge in [-0.15, -0.1) is 11.3 Å². The Balaban J connectivity index is 1.45. The first-order valence-electron chi connectivity index (χ1n) is 13.6. The van der Waals surface area contributed by atoms with Crippen LogP contribution in [0.2, 0.25) is 5.02 Å². The van der Waals surface area contributed by atoms with Gasteiger partial charge in [0.1, 0.15) is 11.9 Å². The van der Waals surface area contributed by atoms with Crippen molar-refractivity contribution in [2.24, 2.45) is 10.4 Å². The van der Waals surface area contributed by atoms with Gasteiger partial charge in [0, 0.05) is 62.1 Å². The van der Waals surface area contributed by atoms with E-state index < -0.39 is 29.2 Å². The maximum absolute atomic E-state index is 14.6. The van der Waals surface area contributed by atoms with Gasteiger partial charge in [-0.2, -0.15) is 0 Å². The molecule has 224 valence electrons. The summed E-state index contributed by atoms with van der Waals surface area (Å²) in [6.07, 6.45) is 1.66. The van der Waals surface area contributed by atoms with E-state index in [0.717, 1.165) is 0 Å². The number of esters is 1. The van der Waals surface area contributed by atoms with Crippen molar-refractivity contribution in [2.45, 2.75) is 32.9 Å². The zero-order valence-electron chi connectivity index (χ0n) is 23.5. The molecule has 4 heterocycles. The normalized spacial score (nSPS) is 21.3. The molecule has 0 amide bonds. The monoisotopic (exact) mass is 634 g/mol. The number of fused-ring (bicyclic) bond motifs is 1. The van der Waals surface area contributed by atoms with Crippen LogP contribution in [-0.2, 0) is 14.3 Å². The van der Waals surface area contributed by atoms with Gasteiger partial charge in [0.2, 0.25) is 0 Å². The lowest BCUT2D eigenvalue weighted by Crippen LogP contribution is -2.53. The summed E-state index contributed by atoms with van der Waals surface area (Å²) in [6.45, 7) is 8.51. The highest BCUT2D eigenvalue weighted by molar-refractivity contribution is 7.80. The van der Waals surface area contributed by atoms with Gasteiger partial charge in [-0.1, -0.05) is 23.7 Å². The van der Waals surface area contributed by atoms with E-state index in [1.54, 1.807) is 39.1 Å². The molecule has 14 heteroatoms. The number of hydrogen-bond donors (Lipinski definition) is 2. The van der Waals surface area contributed by atoms with Gasteiger partial charge < -0.3 is 25.0 Å². The Labute approximate surface area is 257 Å². The molecule has 10 nitrogen and oxygen atoms in total. The Hall–Kier alpha value is -3.13. The van der Waals surface area contributed by atoms with Crippen LogP contribution in [0.1, 0.15) is 37.4 Å². The molecular formula is C28H32ClFN6O4S2. The Morgan fingerprint density at radius 3 is 2.79 bits per heavy atom. The third-order valence-electron chi connectivity index (χ3n) is 7.59. The van der Waals surface area contributed by atoms with Crippen molar-refractivity contribution >= 4 is 58.0 Å². The summed E-state index contributed by atoms with van der Waals surface area (Å²) in [5, 5.41) is 16.0. The Bertz CT molecular complexity index is 1450. The van der Waals surface area contributed by atoms with Gasteiger partial charge >= 0.3 is 11.9 Å². The molecule has 2 atom stereocenters. The van der Waals surface area contributed by atoms with Crippen LogP contribution in [0, 0.1) is 11.2 Å².